The van der Waals surface area contributed by atoms with Crippen LogP contribution in [0.15, 0.2) is 54.6 Å². The second-order valence-electron chi connectivity index (χ2n) is 12.5. The first-order valence-electron chi connectivity index (χ1n) is 14.4. The molecule has 7 heteroatoms. The minimum absolute atomic E-state index is 0.252. The summed E-state index contributed by atoms with van der Waals surface area (Å²) >= 11 is 0. The summed E-state index contributed by atoms with van der Waals surface area (Å²) < 4.78 is 5.52. The normalized spacial score (nSPS) is 13.2. The number of rotatable bonds is 12. The number of amides is 3. The molecule has 2 N–H and O–H groups in total. The average molecular weight is 552 g/mol. The minimum Gasteiger partial charge on any atom is -0.444 e. The van der Waals surface area contributed by atoms with Crippen LogP contribution in [0.25, 0.3) is 0 Å². The van der Waals surface area contributed by atoms with E-state index in [4.69, 9.17) is 4.74 Å². The molecular formula is C33H49N3O4. The smallest absolute Gasteiger partial charge is 0.408 e. The van der Waals surface area contributed by atoms with E-state index in [1.54, 1.807) is 25.7 Å². The Hall–Kier alpha value is -3.35. The zero-order valence-corrected chi connectivity index (χ0v) is 25.7. The highest BCUT2D eigenvalue weighted by Gasteiger charge is 2.37. The summed E-state index contributed by atoms with van der Waals surface area (Å²) in [5.41, 5.74) is 1.42. The SMILES string of the molecule is CCCCCCN(C(=O)C(Cc1ccccc1)NC(=O)OC(C)(C)C)C(C(=O)NC(C)(C)C)c1cccc(C)c1. The molecule has 2 atom stereocenters. The van der Waals surface area contributed by atoms with E-state index in [9.17, 15) is 14.4 Å². The summed E-state index contributed by atoms with van der Waals surface area (Å²) in [6.45, 7) is 15.6. The van der Waals surface area contributed by atoms with Crippen molar-refractivity contribution in [2.75, 3.05) is 6.54 Å². The summed E-state index contributed by atoms with van der Waals surface area (Å²) in [5, 5.41) is 5.91. The van der Waals surface area contributed by atoms with Crippen LogP contribution in [0, 0.1) is 6.92 Å². The zero-order chi connectivity index (χ0) is 29.9. The molecule has 3 amide bonds. The topological polar surface area (TPSA) is 87.7 Å². The van der Waals surface area contributed by atoms with Crippen LogP contribution in [0.3, 0.4) is 0 Å². The van der Waals surface area contributed by atoms with Gasteiger partial charge in [0.15, 0.2) is 0 Å². The number of ether oxygens (including phenoxy) is 1. The van der Waals surface area contributed by atoms with Crippen molar-refractivity contribution in [2.45, 2.75) is 111 Å². The van der Waals surface area contributed by atoms with Crippen molar-refractivity contribution in [1.82, 2.24) is 15.5 Å². The van der Waals surface area contributed by atoms with Gasteiger partial charge in [-0.2, -0.15) is 0 Å². The Morgan fingerprint density at radius 3 is 2.15 bits per heavy atom. The lowest BCUT2D eigenvalue weighted by Gasteiger charge is -2.36. The minimum atomic E-state index is -0.918. The number of nitrogens with one attached hydrogen (secondary N) is 2. The summed E-state index contributed by atoms with van der Waals surface area (Å²) in [4.78, 5) is 42.9. The van der Waals surface area contributed by atoms with E-state index in [1.165, 1.54) is 0 Å². The number of aryl methyl sites for hydroxylation is 1. The van der Waals surface area contributed by atoms with Gasteiger partial charge in [-0.05, 0) is 66.0 Å². The highest BCUT2D eigenvalue weighted by atomic mass is 16.6. The monoisotopic (exact) mass is 551 g/mol. The fourth-order valence-corrected chi connectivity index (χ4v) is 4.53. The Balaban J connectivity index is 2.57. The lowest BCUT2D eigenvalue weighted by atomic mass is 9.97. The molecule has 220 valence electrons. The molecule has 0 spiro atoms. The molecule has 0 bridgehead atoms. The number of hydrogen-bond acceptors (Lipinski definition) is 4. The van der Waals surface area contributed by atoms with Crippen molar-refractivity contribution >= 4 is 17.9 Å². The molecule has 2 rings (SSSR count). The molecule has 0 saturated carbocycles. The first kappa shape index (κ1) is 32.9. The summed E-state index contributed by atoms with van der Waals surface area (Å²) in [7, 11) is 0. The Bertz CT molecular complexity index is 1100. The molecule has 2 unspecified atom stereocenters. The Labute approximate surface area is 241 Å². The second kappa shape index (κ2) is 14.9. The molecule has 0 radical (unpaired) electrons. The third-order valence-electron chi connectivity index (χ3n) is 6.22. The van der Waals surface area contributed by atoms with Crippen molar-refractivity contribution in [3.63, 3.8) is 0 Å². The molecule has 0 heterocycles. The predicted octanol–water partition coefficient (Wildman–Crippen LogP) is 6.50. The molecule has 2 aromatic rings. The average Bonchev–Trinajstić information content (AvgIpc) is 2.83. The van der Waals surface area contributed by atoms with Gasteiger partial charge in [0.2, 0.25) is 11.8 Å². The van der Waals surface area contributed by atoms with Crippen LogP contribution in [-0.2, 0) is 20.7 Å². The van der Waals surface area contributed by atoms with E-state index in [0.717, 1.165) is 42.4 Å². The van der Waals surface area contributed by atoms with Crippen molar-refractivity contribution in [1.29, 1.82) is 0 Å². The molecular weight excluding hydrogens is 502 g/mol. The zero-order valence-electron chi connectivity index (χ0n) is 25.7. The van der Waals surface area contributed by atoms with Gasteiger partial charge in [-0.1, -0.05) is 86.3 Å². The summed E-state index contributed by atoms with van der Waals surface area (Å²) in [6.07, 6.45) is 3.37. The van der Waals surface area contributed by atoms with E-state index in [0.29, 0.717) is 6.54 Å². The van der Waals surface area contributed by atoms with Gasteiger partial charge < -0.3 is 20.3 Å². The molecule has 0 aliphatic rings. The fourth-order valence-electron chi connectivity index (χ4n) is 4.53. The predicted molar refractivity (Wildman–Crippen MR) is 161 cm³/mol. The fraction of sp³-hybridized carbons (Fsp3) is 0.545. The Kier molecular flexibility index (Phi) is 12.2. The van der Waals surface area contributed by atoms with Crippen LogP contribution in [0.5, 0.6) is 0 Å². The lowest BCUT2D eigenvalue weighted by molar-refractivity contribution is -0.143. The van der Waals surface area contributed by atoms with Gasteiger partial charge in [-0.3, -0.25) is 9.59 Å². The van der Waals surface area contributed by atoms with Gasteiger partial charge in [0.1, 0.15) is 17.7 Å². The maximum Gasteiger partial charge on any atom is 0.408 e. The molecule has 0 aliphatic heterocycles. The molecule has 0 aliphatic carbocycles. The van der Waals surface area contributed by atoms with Gasteiger partial charge in [-0.25, -0.2) is 4.79 Å². The summed E-state index contributed by atoms with van der Waals surface area (Å²) in [5.74, 6) is -0.570. The number of carbonyl (C=O) groups is 3. The Morgan fingerprint density at radius 2 is 1.57 bits per heavy atom. The number of nitrogens with zero attached hydrogens (tertiary/aromatic N) is 1. The van der Waals surface area contributed by atoms with Crippen LogP contribution >= 0.6 is 0 Å². The van der Waals surface area contributed by atoms with Crippen molar-refractivity contribution in [3.8, 4) is 0 Å². The van der Waals surface area contributed by atoms with Crippen LogP contribution in [0.1, 0.15) is 96.9 Å². The number of hydrogen-bond donors (Lipinski definition) is 2. The number of benzene rings is 2. The van der Waals surface area contributed by atoms with Crippen LogP contribution < -0.4 is 10.6 Å². The third kappa shape index (κ3) is 11.4. The standard InChI is InChI=1S/C33H49N3O4/c1-9-10-11-15-21-36(28(29(37)35-32(3,4)5)26-20-16-17-24(2)22-26)30(38)27(23-25-18-13-12-14-19-25)34-31(39)40-33(6,7)8/h12-14,16-20,22,27-28H,9-11,15,21,23H2,1-8H3,(H,34,39)(H,35,37). The molecule has 0 saturated heterocycles. The lowest BCUT2D eigenvalue weighted by Crippen LogP contribution is -2.55. The van der Waals surface area contributed by atoms with E-state index in [1.807, 2.05) is 82.3 Å². The van der Waals surface area contributed by atoms with Crippen LogP contribution in [0.4, 0.5) is 4.79 Å². The first-order chi connectivity index (χ1) is 18.7. The van der Waals surface area contributed by atoms with Crippen molar-refractivity contribution in [2.24, 2.45) is 0 Å². The van der Waals surface area contributed by atoms with E-state index in [2.05, 4.69) is 17.6 Å². The number of carbonyl (C=O) groups excluding carboxylic acids is 3. The maximum absolute atomic E-state index is 14.5. The molecule has 2 aromatic carbocycles. The molecule has 7 nitrogen and oxygen atoms in total. The molecule has 0 aromatic heterocycles. The maximum atomic E-state index is 14.5. The van der Waals surface area contributed by atoms with E-state index < -0.39 is 29.3 Å². The largest absolute Gasteiger partial charge is 0.444 e. The van der Waals surface area contributed by atoms with Crippen molar-refractivity contribution < 1.29 is 19.1 Å². The van der Waals surface area contributed by atoms with Crippen LogP contribution in [0.2, 0.25) is 0 Å². The quantitative estimate of drug-likeness (QED) is 0.295. The summed E-state index contributed by atoms with van der Waals surface area (Å²) in [6, 6.07) is 15.5. The second-order valence-corrected chi connectivity index (χ2v) is 12.5. The van der Waals surface area contributed by atoms with E-state index >= 15 is 0 Å². The van der Waals surface area contributed by atoms with Gasteiger partial charge in [0.25, 0.3) is 0 Å². The molecule has 40 heavy (non-hydrogen) atoms. The van der Waals surface area contributed by atoms with Crippen LogP contribution in [-0.4, -0.2) is 46.5 Å². The highest BCUT2D eigenvalue weighted by Crippen LogP contribution is 2.26. The number of unbranched alkanes of at least 4 members (excludes halogenated alkanes) is 3. The van der Waals surface area contributed by atoms with Gasteiger partial charge >= 0.3 is 6.09 Å². The van der Waals surface area contributed by atoms with Gasteiger partial charge in [0.05, 0.1) is 0 Å². The van der Waals surface area contributed by atoms with Crippen molar-refractivity contribution in [3.05, 3.63) is 71.3 Å². The third-order valence-corrected chi connectivity index (χ3v) is 6.22. The van der Waals surface area contributed by atoms with Gasteiger partial charge in [0, 0.05) is 18.5 Å². The highest BCUT2D eigenvalue weighted by molar-refractivity contribution is 5.92. The number of alkyl carbamates (subject to hydrolysis) is 1. The van der Waals surface area contributed by atoms with Gasteiger partial charge in [-0.15, -0.1) is 0 Å². The van der Waals surface area contributed by atoms with E-state index in [-0.39, 0.29) is 18.2 Å². The first-order valence-corrected chi connectivity index (χ1v) is 14.4. The molecule has 0 fully saturated rings. The Morgan fingerprint density at radius 1 is 0.900 bits per heavy atom.